The molecule has 3 heterocycles. The number of H-pyrrole nitrogens is 1. The molecule has 0 bridgehead atoms. The second-order valence-electron chi connectivity index (χ2n) is 7.31. The van der Waals surface area contributed by atoms with Crippen LogP contribution in [0.25, 0.3) is 10.9 Å². The molecule has 2 N–H and O–H groups in total. The maximum atomic E-state index is 13.1. The van der Waals surface area contributed by atoms with Crippen molar-refractivity contribution in [1.29, 1.82) is 0 Å². The molecule has 3 aromatic rings. The molecule has 0 spiro atoms. The summed E-state index contributed by atoms with van der Waals surface area (Å²) < 4.78 is 0. The number of likely N-dealkylation sites (N-methyl/N-ethyl adjacent to an activating group) is 1. The van der Waals surface area contributed by atoms with Gasteiger partial charge in [0.05, 0.1) is 17.8 Å². The van der Waals surface area contributed by atoms with Gasteiger partial charge in [0.1, 0.15) is 0 Å². The van der Waals surface area contributed by atoms with E-state index in [1.807, 2.05) is 42.7 Å². The second kappa shape index (κ2) is 7.98. The molecule has 7 heteroatoms. The lowest BCUT2D eigenvalue weighted by Crippen LogP contribution is -2.54. The maximum Gasteiger partial charge on any atom is 0.240 e. The zero-order valence-electron chi connectivity index (χ0n) is 16.4. The number of carbonyl (C=O) groups excluding carboxylic acids is 1. The molecule has 1 aromatic carbocycles. The van der Waals surface area contributed by atoms with Crippen molar-refractivity contribution in [3.05, 3.63) is 54.0 Å². The normalized spacial score (nSPS) is 15.8. The fourth-order valence-corrected chi connectivity index (χ4v) is 3.94. The van der Waals surface area contributed by atoms with Gasteiger partial charge in [-0.05, 0) is 49.7 Å². The average Bonchev–Trinajstić information content (AvgIpc) is 3.21. The number of aromatic amines is 1. The Hall–Kier alpha value is -2.93. The van der Waals surface area contributed by atoms with Crippen molar-refractivity contribution < 1.29 is 4.79 Å². The van der Waals surface area contributed by atoms with Crippen molar-refractivity contribution in [2.45, 2.75) is 19.4 Å². The molecule has 0 saturated carbocycles. The molecule has 1 unspecified atom stereocenters. The summed E-state index contributed by atoms with van der Waals surface area (Å²) in [7, 11) is 1.86. The lowest BCUT2D eigenvalue weighted by molar-refractivity contribution is -0.133. The lowest BCUT2D eigenvalue weighted by Gasteiger charge is -2.37. The molecule has 146 valence electrons. The van der Waals surface area contributed by atoms with E-state index in [0.717, 1.165) is 53.9 Å². The van der Waals surface area contributed by atoms with Gasteiger partial charge in [-0.25, -0.2) is 0 Å². The Morgan fingerprint density at radius 1 is 1.21 bits per heavy atom. The summed E-state index contributed by atoms with van der Waals surface area (Å²) in [5, 5.41) is 11.4. The largest absolute Gasteiger partial charge is 0.368 e. The number of fused-ring (bicyclic) bond motifs is 1. The summed E-state index contributed by atoms with van der Waals surface area (Å²) >= 11 is 0. The Balaban J connectivity index is 1.41. The predicted octanol–water partition coefficient (Wildman–Crippen LogP) is 1.75. The number of benzene rings is 1. The Bertz CT molecular complexity index is 946. The number of anilines is 1. The highest BCUT2D eigenvalue weighted by molar-refractivity contribution is 5.84. The van der Waals surface area contributed by atoms with Crippen LogP contribution in [0.1, 0.15) is 11.1 Å². The van der Waals surface area contributed by atoms with Gasteiger partial charge >= 0.3 is 0 Å². The van der Waals surface area contributed by atoms with Crippen LogP contribution in [0, 0.1) is 6.92 Å². The van der Waals surface area contributed by atoms with Crippen molar-refractivity contribution in [1.82, 2.24) is 25.4 Å². The minimum Gasteiger partial charge on any atom is -0.368 e. The Morgan fingerprint density at radius 3 is 2.68 bits per heavy atom. The van der Waals surface area contributed by atoms with Gasteiger partial charge in [0.25, 0.3) is 0 Å². The summed E-state index contributed by atoms with van der Waals surface area (Å²) in [5.74, 6) is 0.168. The number of piperazine rings is 1. The van der Waals surface area contributed by atoms with Crippen LogP contribution in [0.15, 0.2) is 42.9 Å². The van der Waals surface area contributed by atoms with Gasteiger partial charge in [0.2, 0.25) is 5.91 Å². The lowest BCUT2D eigenvalue weighted by atomic mass is 10.0. The number of pyridine rings is 1. The topological polar surface area (TPSA) is 77.2 Å². The van der Waals surface area contributed by atoms with Crippen molar-refractivity contribution in [2.75, 3.05) is 38.1 Å². The van der Waals surface area contributed by atoms with Crippen LogP contribution in [-0.2, 0) is 11.2 Å². The second-order valence-corrected chi connectivity index (χ2v) is 7.31. The molecular formula is C21H26N6O. The van der Waals surface area contributed by atoms with Crippen molar-refractivity contribution >= 4 is 22.5 Å². The minimum atomic E-state index is -0.226. The number of hydrogen-bond acceptors (Lipinski definition) is 5. The highest BCUT2D eigenvalue weighted by Crippen LogP contribution is 2.20. The SMILES string of the molecule is CNC(Cc1cc(C)c2[nH]ncc2c1)C(=O)N1CCN(c2ccncc2)CC1. The molecule has 0 radical (unpaired) electrons. The first-order valence-electron chi connectivity index (χ1n) is 9.69. The third-order valence-corrected chi connectivity index (χ3v) is 5.51. The Labute approximate surface area is 164 Å². The quantitative estimate of drug-likeness (QED) is 0.707. The Kier molecular flexibility index (Phi) is 5.25. The van der Waals surface area contributed by atoms with Gasteiger partial charge in [-0.1, -0.05) is 6.07 Å². The molecule has 1 saturated heterocycles. The van der Waals surface area contributed by atoms with E-state index in [1.54, 1.807) is 0 Å². The van der Waals surface area contributed by atoms with Gasteiger partial charge in [-0.15, -0.1) is 0 Å². The van der Waals surface area contributed by atoms with E-state index in [0.29, 0.717) is 6.42 Å². The van der Waals surface area contributed by atoms with Gasteiger partial charge in [0.15, 0.2) is 0 Å². The molecule has 2 aromatic heterocycles. The van der Waals surface area contributed by atoms with Gasteiger partial charge < -0.3 is 15.1 Å². The number of hydrogen-bond donors (Lipinski definition) is 2. The number of amides is 1. The van der Waals surface area contributed by atoms with E-state index in [4.69, 9.17) is 0 Å². The number of rotatable bonds is 5. The van der Waals surface area contributed by atoms with Crippen LogP contribution < -0.4 is 10.2 Å². The van der Waals surface area contributed by atoms with Crippen LogP contribution in [0.2, 0.25) is 0 Å². The minimum absolute atomic E-state index is 0.168. The van der Waals surface area contributed by atoms with Crippen LogP contribution in [0.4, 0.5) is 5.69 Å². The molecule has 0 aliphatic carbocycles. The fraction of sp³-hybridized carbons (Fsp3) is 0.381. The van der Waals surface area contributed by atoms with Crippen molar-refractivity contribution in [3.8, 4) is 0 Å². The fourth-order valence-electron chi connectivity index (χ4n) is 3.94. The van der Waals surface area contributed by atoms with Gasteiger partial charge in [-0.3, -0.25) is 14.9 Å². The summed E-state index contributed by atoms with van der Waals surface area (Å²) in [4.78, 5) is 21.4. The molecule has 4 rings (SSSR count). The molecule has 1 aliphatic heterocycles. The third kappa shape index (κ3) is 3.71. The van der Waals surface area contributed by atoms with Crippen LogP contribution >= 0.6 is 0 Å². The number of aryl methyl sites for hydroxylation is 1. The van der Waals surface area contributed by atoms with E-state index >= 15 is 0 Å². The summed E-state index contributed by atoms with van der Waals surface area (Å²) in [5.41, 5.74) is 4.52. The first-order chi connectivity index (χ1) is 13.7. The molecule has 1 amide bonds. The van der Waals surface area contributed by atoms with E-state index in [2.05, 4.69) is 44.5 Å². The number of nitrogens with one attached hydrogen (secondary N) is 2. The monoisotopic (exact) mass is 378 g/mol. The molecular weight excluding hydrogens is 352 g/mol. The highest BCUT2D eigenvalue weighted by Gasteiger charge is 2.27. The van der Waals surface area contributed by atoms with E-state index < -0.39 is 0 Å². The summed E-state index contributed by atoms with van der Waals surface area (Å²) in [6, 6.07) is 8.06. The molecule has 1 atom stereocenters. The maximum absolute atomic E-state index is 13.1. The predicted molar refractivity (Wildman–Crippen MR) is 110 cm³/mol. The number of carbonyl (C=O) groups is 1. The van der Waals surface area contributed by atoms with E-state index in [9.17, 15) is 4.79 Å². The van der Waals surface area contributed by atoms with Crippen LogP contribution in [0.5, 0.6) is 0 Å². The first kappa shape index (κ1) is 18.4. The van der Waals surface area contributed by atoms with Crippen LogP contribution in [-0.4, -0.2) is 65.3 Å². The molecule has 28 heavy (non-hydrogen) atoms. The standard InChI is InChI=1S/C21H26N6O/c1-15-11-16(12-17-14-24-25-20(15)17)13-19(22-2)21(28)27-9-7-26(8-10-27)18-3-5-23-6-4-18/h3-6,11-12,14,19,22H,7-10,13H2,1-2H3,(H,24,25). The zero-order chi connectivity index (χ0) is 19.5. The zero-order valence-corrected chi connectivity index (χ0v) is 16.4. The van der Waals surface area contributed by atoms with E-state index in [1.165, 1.54) is 0 Å². The summed E-state index contributed by atoms with van der Waals surface area (Å²) in [6.07, 6.45) is 6.12. The molecule has 7 nitrogen and oxygen atoms in total. The van der Waals surface area contributed by atoms with E-state index in [-0.39, 0.29) is 11.9 Å². The molecule has 1 fully saturated rings. The van der Waals surface area contributed by atoms with Crippen LogP contribution in [0.3, 0.4) is 0 Å². The smallest absolute Gasteiger partial charge is 0.240 e. The Morgan fingerprint density at radius 2 is 1.96 bits per heavy atom. The number of aromatic nitrogens is 3. The van der Waals surface area contributed by atoms with Crippen molar-refractivity contribution in [3.63, 3.8) is 0 Å². The van der Waals surface area contributed by atoms with Crippen molar-refractivity contribution in [2.24, 2.45) is 0 Å². The summed E-state index contributed by atoms with van der Waals surface area (Å²) in [6.45, 7) is 5.22. The first-order valence-corrected chi connectivity index (χ1v) is 9.69. The number of nitrogens with zero attached hydrogens (tertiary/aromatic N) is 4. The molecule has 1 aliphatic rings. The average molecular weight is 378 g/mol. The third-order valence-electron chi connectivity index (χ3n) is 5.51. The highest BCUT2D eigenvalue weighted by atomic mass is 16.2. The van der Waals surface area contributed by atoms with Gasteiger partial charge in [-0.2, -0.15) is 5.10 Å². The van der Waals surface area contributed by atoms with Gasteiger partial charge in [0, 0.05) is 49.6 Å².